The monoisotopic (exact) mass is 286 g/mol. The summed E-state index contributed by atoms with van der Waals surface area (Å²) in [5.41, 5.74) is 3.09. The molecule has 3 atom stereocenters. The van der Waals surface area contributed by atoms with Gasteiger partial charge in [-0.15, -0.1) is 0 Å². The Hall–Kier alpha value is -0.860. The molecule has 1 N–H and O–H groups in total. The second kappa shape index (κ2) is 6.93. The van der Waals surface area contributed by atoms with Crippen molar-refractivity contribution in [2.24, 2.45) is 0 Å². The standard InChI is InChI=1S/C19H30N2/c1-3-8-16-10-6-7-14-21(16)18-13-12-15-9-4-5-11-17(15)19(18)20-2/h4-5,9,11,16,18-20H,3,6-8,10,12-14H2,1-2H3. The smallest absolute Gasteiger partial charge is 0.0478 e. The number of fused-ring (bicyclic) bond motifs is 1. The summed E-state index contributed by atoms with van der Waals surface area (Å²) >= 11 is 0. The molecule has 0 radical (unpaired) electrons. The van der Waals surface area contributed by atoms with Gasteiger partial charge in [-0.1, -0.05) is 44.0 Å². The van der Waals surface area contributed by atoms with Gasteiger partial charge in [0.25, 0.3) is 0 Å². The highest BCUT2D eigenvalue weighted by Crippen LogP contribution is 2.36. The van der Waals surface area contributed by atoms with E-state index in [9.17, 15) is 0 Å². The molecule has 0 saturated carbocycles. The highest BCUT2D eigenvalue weighted by Gasteiger charge is 2.36. The van der Waals surface area contributed by atoms with Gasteiger partial charge in [0.2, 0.25) is 0 Å². The zero-order chi connectivity index (χ0) is 14.7. The molecule has 1 fully saturated rings. The summed E-state index contributed by atoms with van der Waals surface area (Å²) in [5.74, 6) is 0. The van der Waals surface area contributed by atoms with Gasteiger partial charge in [0.05, 0.1) is 0 Å². The number of aryl methyl sites for hydroxylation is 1. The number of likely N-dealkylation sites (tertiary alicyclic amines) is 1. The first-order valence-corrected chi connectivity index (χ1v) is 8.86. The Labute approximate surface area is 129 Å². The summed E-state index contributed by atoms with van der Waals surface area (Å²) in [4.78, 5) is 2.85. The van der Waals surface area contributed by atoms with Crippen molar-refractivity contribution in [2.45, 2.75) is 70.0 Å². The Morgan fingerprint density at radius 3 is 2.86 bits per heavy atom. The summed E-state index contributed by atoms with van der Waals surface area (Å²) in [7, 11) is 2.14. The Morgan fingerprint density at radius 1 is 1.19 bits per heavy atom. The fourth-order valence-corrected chi connectivity index (χ4v) is 4.55. The second-order valence-corrected chi connectivity index (χ2v) is 6.75. The van der Waals surface area contributed by atoms with Crippen LogP contribution in [0.3, 0.4) is 0 Å². The van der Waals surface area contributed by atoms with Crippen LogP contribution in [0.5, 0.6) is 0 Å². The summed E-state index contributed by atoms with van der Waals surface area (Å²) in [6, 6.07) is 11.0. The number of likely N-dealkylation sites (N-methyl/N-ethyl adjacent to an activating group) is 1. The summed E-state index contributed by atoms with van der Waals surface area (Å²) < 4.78 is 0. The molecule has 1 aliphatic carbocycles. The van der Waals surface area contributed by atoms with E-state index in [0.29, 0.717) is 12.1 Å². The molecule has 2 heteroatoms. The first-order valence-electron chi connectivity index (χ1n) is 8.86. The van der Waals surface area contributed by atoms with E-state index in [1.54, 1.807) is 5.56 Å². The number of hydrogen-bond donors (Lipinski definition) is 1. The van der Waals surface area contributed by atoms with Crippen molar-refractivity contribution >= 4 is 0 Å². The number of nitrogens with one attached hydrogen (secondary N) is 1. The van der Waals surface area contributed by atoms with E-state index < -0.39 is 0 Å². The average molecular weight is 286 g/mol. The van der Waals surface area contributed by atoms with Crippen molar-refractivity contribution in [1.29, 1.82) is 0 Å². The average Bonchev–Trinajstić information content (AvgIpc) is 2.54. The molecule has 1 heterocycles. The van der Waals surface area contributed by atoms with Crippen LogP contribution in [0.1, 0.15) is 62.6 Å². The van der Waals surface area contributed by atoms with E-state index in [4.69, 9.17) is 0 Å². The lowest BCUT2D eigenvalue weighted by atomic mass is 9.81. The lowest BCUT2D eigenvalue weighted by molar-refractivity contribution is 0.0589. The second-order valence-electron chi connectivity index (χ2n) is 6.75. The molecule has 116 valence electrons. The zero-order valence-corrected chi connectivity index (χ0v) is 13.6. The molecule has 0 spiro atoms. The van der Waals surface area contributed by atoms with Crippen molar-refractivity contribution < 1.29 is 0 Å². The molecule has 0 amide bonds. The minimum absolute atomic E-state index is 0.507. The normalized spacial score (nSPS) is 30.1. The Kier molecular flexibility index (Phi) is 4.97. The molecular weight excluding hydrogens is 256 g/mol. The minimum Gasteiger partial charge on any atom is -0.312 e. The van der Waals surface area contributed by atoms with Crippen molar-refractivity contribution in [3.63, 3.8) is 0 Å². The van der Waals surface area contributed by atoms with Crippen LogP contribution in [0.4, 0.5) is 0 Å². The van der Waals surface area contributed by atoms with Gasteiger partial charge in [0, 0.05) is 18.1 Å². The van der Waals surface area contributed by atoms with Crippen molar-refractivity contribution in [2.75, 3.05) is 13.6 Å². The first kappa shape index (κ1) is 15.1. The first-order chi connectivity index (χ1) is 10.3. The van der Waals surface area contributed by atoms with Crippen LogP contribution in [-0.2, 0) is 6.42 Å². The molecular formula is C19H30N2. The highest BCUT2D eigenvalue weighted by atomic mass is 15.2. The van der Waals surface area contributed by atoms with E-state index >= 15 is 0 Å². The SMILES string of the molecule is CCCC1CCCCN1C1CCc2ccccc2C1NC. The van der Waals surface area contributed by atoms with Gasteiger partial charge in [-0.05, 0) is 56.8 Å². The summed E-state index contributed by atoms with van der Waals surface area (Å²) in [6.45, 7) is 3.63. The van der Waals surface area contributed by atoms with Crippen LogP contribution in [0.25, 0.3) is 0 Å². The maximum Gasteiger partial charge on any atom is 0.0478 e. The molecule has 1 saturated heterocycles. The van der Waals surface area contributed by atoms with Crippen LogP contribution in [-0.4, -0.2) is 30.6 Å². The van der Waals surface area contributed by atoms with Crippen molar-refractivity contribution in [3.05, 3.63) is 35.4 Å². The number of benzene rings is 1. The molecule has 3 rings (SSSR count). The van der Waals surface area contributed by atoms with E-state index in [2.05, 4.69) is 48.5 Å². The molecule has 1 aliphatic heterocycles. The Balaban J connectivity index is 1.84. The molecule has 21 heavy (non-hydrogen) atoms. The van der Waals surface area contributed by atoms with Gasteiger partial charge >= 0.3 is 0 Å². The lowest BCUT2D eigenvalue weighted by Crippen LogP contribution is -2.52. The minimum atomic E-state index is 0.507. The third-order valence-electron chi connectivity index (χ3n) is 5.52. The van der Waals surface area contributed by atoms with Gasteiger partial charge < -0.3 is 5.32 Å². The van der Waals surface area contributed by atoms with Gasteiger partial charge in [-0.25, -0.2) is 0 Å². The largest absolute Gasteiger partial charge is 0.312 e. The Bertz CT molecular complexity index is 455. The van der Waals surface area contributed by atoms with Gasteiger partial charge in [0.1, 0.15) is 0 Å². The fourth-order valence-electron chi connectivity index (χ4n) is 4.55. The number of piperidine rings is 1. The number of hydrogen-bond acceptors (Lipinski definition) is 2. The quantitative estimate of drug-likeness (QED) is 0.902. The molecule has 1 aromatic rings. The van der Waals surface area contributed by atoms with E-state index in [-0.39, 0.29) is 0 Å². The third-order valence-corrected chi connectivity index (χ3v) is 5.52. The maximum atomic E-state index is 3.63. The lowest BCUT2D eigenvalue weighted by Gasteiger charge is -2.46. The highest BCUT2D eigenvalue weighted by molar-refractivity contribution is 5.34. The van der Waals surface area contributed by atoms with Crippen LogP contribution in [0, 0.1) is 0 Å². The van der Waals surface area contributed by atoms with Gasteiger partial charge in [0.15, 0.2) is 0 Å². The molecule has 0 aromatic heterocycles. The van der Waals surface area contributed by atoms with Crippen LogP contribution < -0.4 is 5.32 Å². The van der Waals surface area contributed by atoms with E-state index in [1.807, 2.05) is 0 Å². The number of rotatable bonds is 4. The molecule has 1 aromatic carbocycles. The maximum absolute atomic E-state index is 3.63. The summed E-state index contributed by atoms with van der Waals surface area (Å²) in [6.07, 6.45) is 9.45. The number of nitrogens with zero attached hydrogens (tertiary/aromatic N) is 1. The predicted octanol–water partition coefficient (Wildman–Crippen LogP) is 3.92. The van der Waals surface area contributed by atoms with Crippen LogP contribution in [0.15, 0.2) is 24.3 Å². The van der Waals surface area contributed by atoms with E-state index in [0.717, 1.165) is 6.04 Å². The Morgan fingerprint density at radius 2 is 2.05 bits per heavy atom. The zero-order valence-electron chi connectivity index (χ0n) is 13.6. The molecule has 2 aliphatic rings. The van der Waals surface area contributed by atoms with Gasteiger partial charge in [-0.2, -0.15) is 0 Å². The van der Waals surface area contributed by atoms with E-state index in [1.165, 1.54) is 57.1 Å². The predicted molar refractivity (Wildman–Crippen MR) is 89.6 cm³/mol. The topological polar surface area (TPSA) is 15.3 Å². The molecule has 0 bridgehead atoms. The van der Waals surface area contributed by atoms with Crippen molar-refractivity contribution in [3.8, 4) is 0 Å². The molecule has 3 unspecified atom stereocenters. The summed E-state index contributed by atoms with van der Waals surface area (Å²) in [5, 5.41) is 3.63. The fraction of sp³-hybridized carbons (Fsp3) is 0.684. The van der Waals surface area contributed by atoms with Crippen LogP contribution in [0.2, 0.25) is 0 Å². The molecule has 2 nitrogen and oxygen atoms in total. The van der Waals surface area contributed by atoms with Crippen LogP contribution >= 0.6 is 0 Å². The van der Waals surface area contributed by atoms with Crippen molar-refractivity contribution in [1.82, 2.24) is 10.2 Å². The third kappa shape index (κ3) is 3.02. The van der Waals surface area contributed by atoms with Gasteiger partial charge in [-0.3, -0.25) is 4.90 Å².